The standard InChI is InChI=1S/C22H31N3O3.C2H6/c1-4-5-15-18(13-28-9-7-23)25-17-10-14(2)11-19(26)22(17)21(15)16-12-24-8-6-20(16)27-3;1-2/h6,8,12,14,21,25H,4-5,7,9-11,13,23H2,1-3H3;1-2H3. The average molecular weight is 416 g/mol. The fraction of sp³-hybridized carbons (Fsp3) is 0.583. The van der Waals surface area contributed by atoms with Crippen molar-refractivity contribution in [3.05, 3.63) is 46.6 Å². The van der Waals surface area contributed by atoms with Gasteiger partial charge in [-0.2, -0.15) is 0 Å². The number of ketones is 1. The lowest BCUT2D eigenvalue weighted by Crippen LogP contribution is -2.36. The first-order valence-corrected chi connectivity index (χ1v) is 11.1. The molecule has 1 aliphatic heterocycles. The summed E-state index contributed by atoms with van der Waals surface area (Å²) in [7, 11) is 1.66. The quantitative estimate of drug-likeness (QED) is 0.622. The van der Waals surface area contributed by atoms with Crippen molar-refractivity contribution in [1.82, 2.24) is 10.3 Å². The smallest absolute Gasteiger partial charge is 0.161 e. The number of Topliss-reactive ketones (excluding diaryl/α,β-unsaturated/α-hetero) is 1. The Balaban J connectivity index is 0.00000155. The molecule has 166 valence electrons. The zero-order valence-electron chi connectivity index (χ0n) is 19.1. The number of allylic oxidation sites excluding steroid dienone is 3. The lowest BCUT2D eigenvalue weighted by molar-refractivity contribution is -0.117. The first kappa shape index (κ1) is 24.1. The van der Waals surface area contributed by atoms with Gasteiger partial charge in [0.05, 0.1) is 20.3 Å². The third kappa shape index (κ3) is 5.29. The predicted octanol–water partition coefficient (Wildman–Crippen LogP) is 4.09. The van der Waals surface area contributed by atoms with E-state index in [1.165, 1.54) is 5.57 Å². The van der Waals surface area contributed by atoms with Crippen LogP contribution in [0.15, 0.2) is 41.0 Å². The maximum Gasteiger partial charge on any atom is 0.161 e. The van der Waals surface area contributed by atoms with E-state index in [2.05, 4.69) is 24.1 Å². The molecule has 3 rings (SSSR count). The number of hydrogen-bond donors (Lipinski definition) is 2. The van der Waals surface area contributed by atoms with E-state index in [1.807, 2.05) is 26.1 Å². The van der Waals surface area contributed by atoms with Gasteiger partial charge in [0, 0.05) is 53.8 Å². The molecule has 2 unspecified atom stereocenters. The normalized spacial score (nSPS) is 20.9. The Bertz CT molecular complexity index is 786. The molecule has 30 heavy (non-hydrogen) atoms. The van der Waals surface area contributed by atoms with Gasteiger partial charge in [0.1, 0.15) is 5.75 Å². The van der Waals surface area contributed by atoms with Crippen LogP contribution in [0.25, 0.3) is 0 Å². The zero-order valence-corrected chi connectivity index (χ0v) is 19.1. The lowest BCUT2D eigenvalue weighted by Gasteiger charge is -2.37. The minimum atomic E-state index is -0.142. The second kappa shape index (κ2) is 11.9. The number of ether oxygens (including phenoxy) is 2. The number of methoxy groups -OCH3 is 1. The van der Waals surface area contributed by atoms with Gasteiger partial charge in [-0.1, -0.05) is 34.1 Å². The topological polar surface area (TPSA) is 86.5 Å². The van der Waals surface area contributed by atoms with E-state index in [9.17, 15) is 4.79 Å². The Labute approximate surface area is 180 Å². The fourth-order valence-corrected chi connectivity index (χ4v) is 4.28. The summed E-state index contributed by atoms with van der Waals surface area (Å²) >= 11 is 0. The van der Waals surface area contributed by atoms with Crippen LogP contribution in [0.1, 0.15) is 64.9 Å². The first-order chi connectivity index (χ1) is 14.6. The van der Waals surface area contributed by atoms with E-state index in [-0.39, 0.29) is 11.7 Å². The van der Waals surface area contributed by atoms with Gasteiger partial charge in [0.15, 0.2) is 5.78 Å². The fourth-order valence-electron chi connectivity index (χ4n) is 4.28. The van der Waals surface area contributed by atoms with E-state index < -0.39 is 0 Å². The number of pyridine rings is 1. The van der Waals surface area contributed by atoms with Crippen LogP contribution >= 0.6 is 0 Å². The maximum absolute atomic E-state index is 13.1. The number of nitrogens with two attached hydrogens (primary N) is 1. The van der Waals surface area contributed by atoms with Gasteiger partial charge in [0.2, 0.25) is 0 Å². The van der Waals surface area contributed by atoms with Crippen LogP contribution < -0.4 is 15.8 Å². The van der Waals surface area contributed by atoms with Crippen LogP contribution in [0, 0.1) is 5.92 Å². The number of dihydropyridines is 1. The van der Waals surface area contributed by atoms with Crippen molar-refractivity contribution in [2.75, 3.05) is 26.9 Å². The molecule has 0 radical (unpaired) electrons. The Kier molecular flexibility index (Phi) is 9.53. The number of rotatable bonds is 8. The second-order valence-electron chi connectivity index (χ2n) is 7.60. The number of hydrogen-bond acceptors (Lipinski definition) is 6. The van der Waals surface area contributed by atoms with Gasteiger partial charge >= 0.3 is 0 Å². The van der Waals surface area contributed by atoms with E-state index in [0.717, 1.165) is 47.5 Å². The summed E-state index contributed by atoms with van der Waals surface area (Å²) in [6.07, 6.45) is 6.84. The summed E-state index contributed by atoms with van der Waals surface area (Å²) in [5.74, 6) is 1.16. The summed E-state index contributed by atoms with van der Waals surface area (Å²) in [6, 6.07) is 1.86. The molecule has 0 fully saturated rings. The van der Waals surface area contributed by atoms with E-state index >= 15 is 0 Å². The summed E-state index contributed by atoms with van der Waals surface area (Å²) in [5.41, 5.74) is 10.7. The van der Waals surface area contributed by atoms with Crippen LogP contribution in [-0.2, 0) is 9.53 Å². The number of nitrogens with zero attached hydrogens (tertiary/aromatic N) is 1. The summed E-state index contributed by atoms with van der Waals surface area (Å²) in [4.78, 5) is 17.4. The maximum atomic E-state index is 13.1. The Hall–Kier alpha value is -2.18. The van der Waals surface area contributed by atoms with E-state index in [4.69, 9.17) is 15.2 Å². The van der Waals surface area contributed by atoms with Crippen molar-refractivity contribution >= 4 is 5.78 Å². The van der Waals surface area contributed by atoms with Crippen LogP contribution in [-0.4, -0.2) is 37.6 Å². The Morgan fingerprint density at radius 2 is 2.07 bits per heavy atom. The minimum absolute atomic E-state index is 0.142. The molecule has 2 heterocycles. The van der Waals surface area contributed by atoms with Gasteiger partial charge in [-0.3, -0.25) is 9.78 Å². The van der Waals surface area contributed by atoms with Crippen molar-refractivity contribution in [1.29, 1.82) is 0 Å². The number of aromatic nitrogens is 1. The molecule has 1 aromatic rings. The SMILES string of the molecule is CC.CCCC1=C(COCCN)NC2=C(C(=O)CC(C)C2)C1c1cnccc1OC. The highest BCUT2D eigenvalue weighted by Gasteiger charge is 2.39. The van der Waals surface area contributed by atoms with Crippen molar-refractivity contribution < 1.29 is 14.3 Å². The molecule has 2 atom stereocenters. The van der Waals surface area contributed by atoms with Crippen LogP contribution in [0.5, 0.6) is 5.75 Å². The van der Waals surface area contributed by atoms with Crippen LogP contribution in [0.3, 0.4) is 0 Å². The Morgan fingerprint density at radius 3 is 2.73 bits per heavy atom. The van der Waals surface area contributed by atoms with Gasteiger partial charge in [-0.05, 0) is 30.4 Å². The molecule has 0 aromatic carbocycles. The van der Waals surface area contributed by atoms with Gasteiger partial charge in [0.25, 0.3) is 0 Å². The molecule has 1 aliphatic carbocycles. The number of carbonyl (C=O) groups is 1. The Morgan fingerprint density at radius 1 is 1.30 bits per heavy atom. The van der Waals surface area contributed by atoms with Gasteiger partial charge in [-0.15, -0.1) is 0 Å². The van der Waals surface area contributed by atoms with Crippen molar-refractivity contribution in [3.63, 3.8) is 0 Å². The van der Waals surface area contributed by atoms with E-state index in [1.54, 1.807) is 13.3 Å². The highest BCUT2D eigenvalue weighted by Crippen LogP contribution is 2.46. The monoisotopic (exact) mass is 415 g/mol. The van der Waals surface area contributed by atoms with Crippen molar-refractivity contribution in [2.45, 2.75) is 59.3 Å². The highest BCUT2D eigenvalue weighted by molar-refractivity contribution is 5.99. The summed E-state index contributed by atoms with van der Waals surface area (Å²) in [6.45, 7) is 9.73. The van der Waals surface area contributed by atoms with Gasteiger partial charge < -0.3 is 20.5 Å². The second-order valence-corrected chi connectivity index (χ2v) is 7.60. The molecular formula is C24H37N3O3. The minimum Gasteiger partial charge on any atom is -0.496 e. The third-order valence-electron chi connectivity index (χ3n) is 5.41. The number of carbonyl (C=O) groups excluding carboxylic acids is 1. The summed E-state index contributed by atoms with van der Waals surface area (Å²) < 4.78 is 11.4. The molecule has 0 amide bonds. The largest absolute Gasteiger partial charge is 0.496 e. The summed E-state index contributed by atoms with van der Waals surface area (Å²) in [5, 5.41) is 3.56. The molecule has 0 spiro atoms. The molecule has 0 saturated heterocycles. The molecular weight excluding hydrogens is 378 g/mol. The molecule has 6 heteroatoms. The van der Waals surface area contributed by atoms with Gasteiger partial charge in [-0.25, -0.2) is 0 Å². The van der Waals surface area contributed by atoms with Crippen LogP contribution in [0.2, 0.25) is 0 Å². The molecule has 6 nitrogen and oxygen atoms in total. The number of nitrogens with one attached hydrogen (secondary N) is 1. The lowest BCUT2D eigenvalue weighted by atomic mass is 9.72. The molecule has 1 aromatic heterocycles. The molecule has 3 N–H and O–H groups in total. The zero-order chi connectivity index (χ0) is 22.1. The first-order valence-electron chi connectivity index (χ1n) is 11.1. The molecule has 0 bridgehead atoms. The van der Waals surface area contributed by atoms with Crippen molar-refractivity contribution in [2.24, 2.45) is 11.7 Å². The third-order valence-corrected chi connectivity index (χ3v) is 5.41. The highest BCUT2D eigenvalue weighted by atomic mass is 16.5. The average Bonchev–Trinajstić information content (AvgIpc) is 2.75. The van der Waals surface area contributed by atoms with Crippen molar-refractivity contribution in [3.8, 4) is 5.75 Å². The van der Waals surface area contributed by atoms with Crippen LogP contribution in [0.4, 0.5) is 0 Å². The molecule has 2 aliphatic rings. The predicted molar refractivity (Wildman–Crippen MR) is 120 cm³/mol. The molecule has 0 saturated carbocycles. The van der Waals surface area contributed by atoms with E-state index in [0.29, 0.717) is 32.1 Å².